The number of hydrogen-bond donors (Lipinski definition) is 1. The van der Waals surface area contributed by atoms with Gasteiger partial charge in [-0.15, -0.1) is 0 Å². The van der Waals surface area contributed by atoms with E-state index in [1.54, 1.807) is 25.1 Å². The third kappa shape index (κ3) is 4.62. The number of halogens is 1. The number of para-hydroxylation sites is 1. The molecular weight excluding hydrogens is 365 g/mol. The summed E-state index contributed by atoms with van der Waals surface area (Å²) in [6.07, 6.45) is 0. The Morgan fingerprint density at radius 1 is 1.11 bits per heavy atom. The summed E-state index contributed by atoms with van der Waals surface area (Å²) >= 11 is 1.19. The van der Waals surface area contributed by atoms with Crippen molar-refractivity contribution < 1.29 is 9.18 Å². The molecule has 138 valence electrons. The minimum absolute atomic E-state index is 0.132. The molecule has 1 atom stereocenters. The van der Waals surface area contributed by atoms with E-state index in [4.69, 9.17) is 0 Å². The van der Waals surface area contributed by atoms with E-state index in [-0.39, 0.29) is 17.2 Å². The maximum absolute atomic E-state index is 13.7. The van der Waals surface area contributed by atoms with Gasteiger partial charge < -0.3 is 5.32 Å². The molecule has 1 unspecified atom stereocenters. The molecule has 1 aromatic heterocycles. The van der Waals surface area contributed by atoms with Crippen molar-refractivity contribution >= 4 is 23.4 Å². The van der Waals surface area contributed by atoms with Crippen LogP contribution >= 0.6 is 11.8 Å². The Bertz CT molecular complexity index is 1020. The van der Waals surface area contributed by atoms with Crippen LogP contribution < -0.4 is 10.9 Å². The second kappa shape index (κ2) is 8.18. The highest BCUT2D eigenvalue weighted by Crippen LogP contribution is 2.22. The summed E-state index contributed by atoms with van der Waals surface area (Å²) in [6, 6.07) is 16.4. The first-order valence-corrected chi connectivity index (χ1v) is 9.21. The minimum atomic E-state index is -0.527. The van der Waals surface area contributed by atoms with Gasteiger partial charge in [0.25, 0.3) is 5.56 Å². The third-order valence-electron chi connectivity index (χ3n) is 3.85. The molecule has 1 heterocycles. The molecule has 0 saturated carbocycles. The average molecular weight is 383 g/mol. The molecule has 3 aromatic rings. The van der Waals surface area contributed by atoms with Crippen LogP contribution in [0, 0.1) is 12.7 Å². The van der Waals surface area contributed by atoms with Gasteiger partial charge >= 0.3 is 0 Å². The van der Waals surface area contributed by atoms with Gasteiger partial charge in [-0.2, -0.15) is 9.78 Å². The van der Waals surface area contributed by atoms with Crippen LogP contribution in [0.15, 0.2) is 70.5 Å². The van der Waals surface area contributed by atoms with E-state index < -0.39 is 11.1 Å². The Balaban J connectivity index is 1.76. The molecule has 0 spiro atoms. The summed E-state index contributed by atoms with van der Waals surface area (Å²) in [7, 11) is 0. The number of hydrogen-bond acceptors (Lipinski definition) is 4. The van der Waals surface area contributed by atoms with Crippen molar-refractivity contribution in [2.45, 2.75) is 24.1 Å². The Hall–Kier alpha value is -2.93. The smallest absolute Gasteiger partial charge is 0.271 e. The maximum atomic E-state index is 13.7. The Morgan fingerprint density at radius 3 is 2.52 bits per heavy atom. The van der Waals surface area contributed by atoms with Crippen LogP contribution in [0.2, 0.25) is 0 Å². The second-order valence-corrected chi connectivity index (χ2v) is 7.35. The van der Waals surface area contributed by atoms with Crippen molar-refractivity contribution in [2.24, 2.45) is 0 Å². The zero-order valence-electron chi connectivity index (χ0n) is 14.8. The number of thioether (sulfide) groups is 1. The van der Waals surface area contributed by atoms with Crippen LogP contribution in [-0.4, -0.2) is 20.9 Å². The summed E-state index contributed by atoms with van der Waals surface area (Å²) in [5.74, 6) is -0.839. The second-order valence-electron chi connectivity index (χ2n) is 5.99. The monoisotopic (exact) mass is 383 g/mol. The number of carbonyl (C=O) groups excluding carboxylic acids is 1. The van der Waals surface area contributed by atoms with E-state index in [0.29, 0.717) is 10.7 Å². The van der Waals surface area contributed by atoms with Gasteiger partial charge in [0.1, 0.15) is 10.8 Å². The minimum Gasteiger partial charge on any atom is -0.323 e. The van der Waals surface area contributed by atoms with Crippen LogP contribution in [-0.2, 0) is 4.79 Å². The number of amides is 1. The van der Waals surface area contributed by atoms with Gasteiger partial charge in [-0.3, -0.25) is 9.59 Å². The molecule has 27 heavy (non-hydrogen) atoms. The molecule has 1 amide bonds. The van der Waals surface area contributed by atoms with Gasteiger partial charge in [0.05, 0.1) is 16.6 Å². The van der Waals surface area contributed by atoms with Crippen molar-refractivity contribution in [1.29, 1.82) is 0 Å². The fourth-order valence-corrected chi connectivity index (χ4v) is 3.16. The predicted molar refractivity (Wildman–Crippen MR) is 105 cm³/mol. The van der Waals surface area contributed by atoms with Crippen molar-refractivity contribution in [3.63, 3.8) is 0 Å². The summed E-state index contributed by atoms with van der Waals surface area (Å²) in [5.41, 5.74) is 1.60. The molecule has 0 aliphatic rings. The van der Waals surface area contributed by atoms with Crippen molar-refractivity contribution in [3.8, 4) is 5.69 Å². The molecule has 0 bridgehead atoms. The number of benzene rings is 2. The SMILES string of the molecule is Cc1ccc(-n2nc(SC(C)C(=O)Nc3ccccc3F)ccc2=O)cc1. The van der Waals surface area contributed by atoms with E-state index in [1.165, 1.54) is 34.6 Å². The summed E-state index contributed by atoms with van der Waals surface area (Å²) in [6.45, 7) is 3.66. The highest BCUT2D eigenvalue weighted by molar-refractivity contribution is 8.00. The molecule has 0 aliphatic carbocycles. The molecule has 2 aromatic carbocycles. The largest absolute Gasteiger partial charge is 0.323 e. The summed E-state index contributed by atoms with van der Waals surface area (Å²) < 4.78 is 15.0. The van der Waals surface area contributed by atoms with E-state index in [1.807, 2.05) is 31.2 Å². The van der Waals surface area contributed by atoms with Crippen molar-refractivity contribution in [3.05, 3.63) is 82.4 Å². The van der Waals surface area contributed by atoms with E-state index in [0.717, 1.165) is 5.56 Å². The molecule has 5 nitrogen and oxygen atoms in total. The normalized spacial score (nSPS) is 11.8. The fraction of sp³-hybridized carbons (Fsp3) is 0.150. The average Bonchev–Trinajstić information content (AvgIpc) is 2.66. The van der Waals surface area contributed by atoms with Gasteiger partial charge in [-0.1, -0.05) is 41.6 Å². The topological polar surface area (TPSA) is 64.0 Å². The number of aromatic nitrogens is 2. The number of carbonyl (C=O) groups is 1. The Morgan fingerprint density at radius 2 is 1.81 bits per heavy atom. The fourth-order valence-electron chi connectivity index (χ4n) is 2.36. The summed E-state index contributed by atoms with van der Waals surface area (Å²) in [5, 5.41) is 6.89. The number of aryl methyl sites for hydroxylation is 1. The van der Waals surface area contributed by atoms with E-state index in [2.05, 4.69) is 10.4 Å². The number of anilines is 1. The molecule has 3 rings (SSSR count). The van der Waals surface area contributed by atoms with Gasteiger partial charge in [-0.05, 0) is 44.2 Å². The van der Waals surface area contributed by atoms with Crippen LogP contribution in [0.3, 0.4) is 0 Å². The Labute approximate surface area is 160 Å². The van der Waals surface area contributed by atoms with Gasteiger partial charge in [0.2, 0.25) is 5.91 Å². The van der Waals surface area contributed by atoms with Crippen LogP contribution in [0.5, 0.6) is 0 Å². The quantitative estimate of drug-likeness (QED) is 0.681. The van der Waals surface area contributed by atoms with Crippen molar-refractivity contribution in [2.75, 3.05) is 5.32 Å². The van der Waals surface area contributed by atoms with Crippen LogP contribution in [0.4, 0.5) is 10.1 Å². The molecule has 0 aliphatic heterocycles. The zero-order chi connectivity index (χ0) is 19.4. The van der Waals surface area contributed by atoms with E-state index >= 15 is 0 Å². The first kappa shape index (κ1) is 18.8. The lowest BCUT2D eigenvalue weighted by molar-refractivity contribution is -0.115. The number of nitrogens with one attached hydrogen (secondary N) is 1. The molecule has 0 radical (unpaired) electrons. The number of rotatable bonds is 5. The standard InChI is InChI=1S/C20H18FN3O2S/c1-13-7-9-15(10-8-13)24-19(25)12-11-18(23-24)27-14(2)20(26)22-17-6-4-3-5-16(17)21/h3-12,14H,1-2H3,(H,22,26). The Kier molecular flexibility index (Phi) is 5.71. The first-order valence-electron chi connectivity index (χ1n) is 8.33. The van der Waals surface area contributed by atoms with Gasteiger partial charge in [-0.25, -0.2) is 4.39 Å². The van der Waals surface area contributed by atoms with Crippen molar-refractivity contribution in [1.82, 2.24) is 9.78 Å². The summed E-state index contributed by atoms with van der Waals surface area (Å²) in [4.78, 5) is 24.5. The van der Waals surface area contributed by atoms with Gasteiger partial charge in [0.15, 0.2) is 0 Å². The lowest BCUT2D eigenvalue weighted by Gasteiger charge is -2.13. The highest BCUT2D eigenvalue weighted by Gasteiger charge is 2.17. The first-order chi connectivity index (χ1) is 12.9. The molecule has 0 saturated heterocycles. The lowest BCUT2D eigenvalue weighted by Crippen LogP contribution is -2.24. The zero-order valence-corrected chi connectivity index (χ0v) is 15.7. The van der Waals surface area contributed by atoms with Gasteiger partial charge in [0, 0.05) is 6.07 Å². The number of nitrogens with zero attached hydrogens (tertiary/aromatic N) is 2. The molecule has 1 N–H and O–H groups in total. The van der Waals surface area contributed by atoms with Crippen LogP contribution in [0.1, 0.15) is 12.5 Å². The highest BCUT2D eigenvalue weighted by atomic mass is 32.2. The predicted octanol–water partition coefficient (Wildman–Crippen LogP) is 3.80. The maximum Gasteiger partial charge on any atom is 0.271 e. The van der Waals surface area contributed by atoms with Crippen LogP contribution in [0.25, 0.3) is 5.69 Å². The lowest BCUT2D eigenvalue weighted by atomic mass is 10.2. The van der Waals surface area contributed by atoms with E-state index in [9.17, 15) is 14.0 Å². The molecule has 7 heteroatoms. The molecule has 0 fully saturated rings. The third-order valence-corrected chi connectivity index (χ3v) is 4.88. The molecular formula is C20H18FN3O2S.